The number of ether oxygens (including phenoxy) is 2. The first-order valence-electron chi connectivity index (χ1n) is 4.46. The van der Waals surface area contributed by atoms with E-state index in [-0.39, 0.29) is 0 Å². The smallest absolute Gasteiger partial charge is 0.122 e. The number of rotatable bonds is 4. The maximum atomic E-state index is 5.27. The maximum Gasteiger partial charge on any atom is 0.122 e. The van der Waals surface area contributed by atoms with Gasteiger partial charge in [-0.15, -0.1) is 0 Å². The third-order valence-corrected chi connectivity index (χ3v) is 2.04. The molecule has 0 N–H and O–H groups in total. The van der Waals surface area contributed by atoms with Crippen LogP contribution < -0.4 is 4.74 Å². The largest absolute Gasteiger partial charge is 0.496 e. The standard InChI is InChI=1S/C11H16O2/c1-4-10-6-5-9(8-12-2)7-11(10)13-3/h5-7H,4,8H2,1-3H3. The highest BCUT2D eigenvalue weighted by Gasteiger charge is 2.01. The van der Waals surface area contributed by atoms with Crippen molar-refractivity contribution in [3.8, 4) is 5.75 Å². The first kappa shape index (κ1) is 10.1. The van der Waals surface area contributed by atoms with Crippen molar-refractivity contribution in [3.05, 3.63) is 29.3 Å². The Bertz CT molecular complexity index is 269. The summed E-state index contributed by atoms with van der Waals surface area (Å²) in [6.45, 7) is 2.76. The molecule has 0 spiro atoms. The fourth-order valence-corrected chi connectivity index (χ4v) is 1.34. The van der Waals surface area contributed by atoms with Gasteiger partial charge < -0.3 is 9.47 Å². The molecule has 72 valence electrons. The van der Waals surface area contributed by atoms with Crippen LogP contribution in [0.5, 0.6) is 5.75 Å². The first-order chi connectivity index (χ1) is 6.31. The van der Waals surface area contributed by atoms with Crippen LogP contribution in [0.3, 0.4) is 0 Å². The Kier molecular flexibility index (Phi) is 3.77. The van der Waals surface area contributed by atoms with Gasteiger partial charge in [0, 0.05) is 7.11 Å². The van der Waals surface area contributed by atoms with Gasteiger partial charge in [0.2, 0.25) is 0 Å². The lowest BCUT2D eigenvalue weighted by Crippen LogP contribution is -1.94. The highest BCUT2D eigenvalue weighted by atomic mass is 16.5. The van der Waals surface area contributed by atoms with Crippen LogP contribution in [0.2, 0.25) is 0 Å². The Balaban J connectivity index is 2.91. The van der Waals surface area contributed by atoms with Crippen LogP contribution in [-0.4, -0.2) is 14.2 Å². The summed E-state index contributed by atoms with van der Waals surface area (Å²) in [6.07, 6.45) is 0.996. The average molecular weight is 180 g/mol. The van der Waals surface area contributed by atoms with E-state index in [1.165, 1.54) is 5.56 Å². The fourth-order valence-electron chi connectivity index (χ4n) is 1.34. The zero-order chi connectivity index (χ0) is 9.68. The Morgan fingerprint density at radius 1 is 1.23 bits per heavy atom. The molecule has 2 nitrogen and oxygen atoms in total. The van der Waals surface area contributed by atoms with Gasteiger partial charge in [-0.05, 0) is 23.6 Å². The highest BCUT2D eigenvalue weighted by Crippen LogP contribution is 2.20. The van der Waals surface area contributed by atoms with Crippen LogP contribution in [0.1, 0.15) is 18.1 Å². The molecule has 0 bridgehead atoms. The summed E-state index contributed by atoms with van der Waals surface area (Å²) in [5, 5.41) is 0. The fraction of sp³-hybridized carbons (Fsp3) is 0.455. The molecule has 0 unspecified atom stereocenters. The van der Waals surface area contributed by atoms with E-state index in [4.69, 9.17) is 9.47 Å². The van der Waals surface area contributed by atoms with Gasteiger partial charge in [-0.1, -0.05) is 19.1 Å². The molecule has 0 aliphatic heterocycles. The predicted octanol–water partition coefficient (Wildman–Crippen LogP) is 2.40. The molecule has 0 atom stereocenters. The minimum absolute atomic E-state index is 0.639. The monoisotopic (exact) mass is 180 g/mol. The summed E-state index contributed by atoms with van der Waals surface area (Å²) in [5.74, 6) is 0.956. The third-order valence-electron chi connectivity index (χ3n) is 2.04. The van der Waals surface area contributed by atoms with Gasteiger partial charge in [0.15, 0.2) is 0 Å². The number of methoxy groups -OCH3 is 2. The van der Waals surface area contributed by atoms with Gasteiger partial charge in [-0.3, -0.25) is 0 Å². The lowest BCUT2D eigenvalue weighted by Gasteiger charge is -2.08. The summed E-state index contributed by atoms with van der Waals surface area (Å²) in [4.78, 5) is 0. The van der Waals surface area contributed by atoms with Crippen molar-refractivity contribution < 1.29 is 9.47 Å². The van der Waals surface area contributed by atoms with Gasteiger partial charge in [0.1, 0.15) is 5.75 Å². The SMILES string of the molecule is CCc1ccc(COC)cc1OC. The van der Waals surface area contributed by atoms with Crippen LogP contribution in [0.4, 0.5) is 0 Å². The third kappa shape index (κ3) is 2.46. The van der Waals surface area contributed by atoms with Gasteiger partial charge in [0.25, 0.3) is 0 Å². The zero-order valence-electron chi connectivity index (χ0n) is 8.46. The second-order valence-corrected chi connectivity index (χ2v) is 2.93. The molecule has 0 saturated carbocycles. The van der Waals surface area contributed by atoms with Crippen molar-refractivity contribution in [3.63, 3.8) is 0 Å². The Morgan fingerprint density at radius 2 is 2.00 bits per heavy atom. The average Bonchev–Trinajstić information content (AvgIpc) is 2.18. The molecular weight excluding hydrogens is 164 g/mol. The normalized spacial score (nSPS) is 10.1. The van der Waals surface area contributed by atoms with E-state index in [9.17, 15) is 0 Å². The molecule has 0 radical (unpaired) electrons. The van der Waals surface area contributed by atoms with E-state index in [1.807, 2.05) is 6.07 Å². The second-order valence-electron chi connectivity index (χ2n) is 2.93. The van der Waals surface area contributed by atoms with Crippen molar-refractivity contribution >= 4 is 0 Å². The van der Waals surface area contributed by atoms with Crippen LogP contribution in [-0.2, 0) is 17.8 Å². The molecule has 13 heavy (non-hydrogen) atoms. The van der Waals surface area contributed by atoms with Crippen LogP contribution in [0.15, 0.2) is 18.2 Å². The molecule has 0 saturated heterocycles. The van der Waals surface area contributed by atoms with Crippen LogP contribution >= 0.6 is 0 Å². The van der Waals surface area contributed by atoms with Gasteiger partial charge >= 0.3 is 0 Å². The first-order valence-corrected chi connectivity index (χ1v) is 4.46. The van der Waals surface area contributed by atoms with E-state index in [0.717, 1.165) is 17.7 Å². The summed E-state index contributed by atoms with van der Waals surface area (Å²) in [6, 6.07) is 6.19. The van der Waals surface area contributed by atoms with Crippen molar-refractivity contribution in [2.24, 2.45) is 0 Å². The van der Waals surface area contributed by atoms with Crippen molar-refractivity contribution in [2.75, 3.05) is 14.2 Å². The van der Waals surface area contributed by atoms with E-state index >= 15 is 0 Å². The molecule has 0 aliphatic carbocycles. The van der Waals surface area contributed by atoms with Crippen LogP contribution in [0.25, 0.3) is 0 Å². The van der Waals surface area contributed by atoms with Crippen molar-refractivity contribution in [1.82, 2.24) is 0 Å². The van der Waals surface area contributed by atoms with Gasteiger partial charge in [-0.2, -0.15) is 0 Å². The minimum atomic E-state index is 0.639. The predicted molar refractivity (Wildman–Crippen MR) is 53.1 cm³/mol. The Morgan fingerprint density at radius 3 is 2.54 bits per heavy atom. The zero-order valence-corrected chi connectivity index (χ0v) is 8.46. The molecule has 1 rings (SSSR count). The van der Waals surface area contributed by atoms with Crippen molar-refractivity contribution in [1.29, 1.82) is 0 Å². The lowest BCUT2D eigenvalue weighted by molar-refractivity contribution is 0.184. The Hall–Kier alpha value is -1.02. The minimum Gasteiger partial charge on any atom is -0.496 e. The molecule has 0 aliphatic rings. The van der Waals surface area contributed by atoms with E-state index in [2.05, 4.69) is 19.1 Å². The van der Waals surface area contributed by atoms with Crippen LogP contribution in [0, 0.1) is 0 Å². The molecule has 0 fully saturated rings. The lowest BCUT2D eigenvalue weighted by atomic mass is 10.1. The maximum absolute atomic E-state index is 5.27. The van der Waals surface area contributed by atoms with Gasteiger partial charge in [0.05, 0.1) is 13.7 Å². The van der Waals surface area contributed by atoms with E-state index < -0.39 is 0 Å². The molecule has 0 amide bonds. The second kappa shape index (κ2) is 4.87. The summed E-state index contributed by atoms with van der Waals surface area (Å²) < 4.78 is 10.3. The number of hydrogen-bond donors (Lipinski definition) is 0. The Labute approximate surface area is 79.5 Å². The topological polar surface area (TPSA) is 18.5 Å². The number of benzene rings is 1. The molecule has 1 aromatic rings. The summed E-state index contributed by atoms with van der Waals surface area (Å²) >= 11 is 0. The quantitative estimate of drug-likeness (QED) is 0.708. The molecular formula is C11H16O2. The highest BCUT2D eigenvalue weighted by molar-refractivity contribution is 5.37. The molecule has 2 heteroatoms. The van der Waals surface area contributed by atoms with E-state index in [0.29, 0.717) is 6.61 Å². The molecule has 0 heterocycles. The summed E-state index contributed by atoms with van der Waals surface area (Å²) in [5.41, 5.74) is 2.39. The number of aryl methyl sites for hydroxylation is 1. The molecule has 0 aromatic heterocycles. The van der Waals surface area contributed by atoms with E-state index in [1.54, 1.807) is 14.2 Å². The molecule has 1 aromatic carbocycles. The van der Waals surface area contributed by atoms with Crippen molar-refractivity contribution in [2.45, 2.75) is 20.0 Å². The summed E-state index contributed by atoms with van der Waals surface area (Å²) in [7, 11) is 3.39. The van der Waals surface area contributed by atoms with Gasteiger partial charge in [-0.25, -0.2) is 0 Å². The number of hydrogen-bond acceptors (Lipinski definition) is 2.